The van der Waals surface area contributed by atoms with Gasteiger partial charge in [-0.15, -0.1) is 0 Å². The smallest absolute Gasteiger partial charge is 0.271 e. The van der Waals surface area contributed by atoms with Gasteiger partial charge < -0.3 is 10.6 Å². The first-order valence-corrected chi connectivity index (χ1v) is 6.93. The topological polar surface area (TPSA) is 102 Å². The molecular formula is C14H15N5O3. The van der Waals surface area contributed by atoms with Crippen LogP contribution in [-0.2, 0) is 0 Å². The molecule has 0 aliphatic carbocycles. The van der Waals surface area contributed by atoms with Gasteiger partial charge in [0.15, 0.2) is 5.69 Å². The third kappa shape index (κ3) is 2.96. The fourth-order valence-corrected chi connectivity index (χ4v) is 2.16. The van der Waals surface area contributed by atoms with E-state index in [1.54, 1.807) is 24.4 Å². The maximum atomic E-state index is 12.0. The zero-order valence-corrected chi connectivity index (χ0v) is 11.7. The molecule has 0 atom stereocenters. The lowest BCUT2D eigenvalue weighted by molar-refractivity contribution is -0.384. The Bertz CT molecular complexity index is 708. The number of carbonyl (C=O) groups is 1. The molecule has 1 saturated heterocycles. The molecule has 1 aliphatic rings. The summed E-state index contributed by atoms with van der Waals surface area (Å²) in [5.41, 5.74) is 0.812. The lowest BCUT2D eigenvalue weighted by Crippen LogP contribution is -2.48. The summed E-state index contributed by atoms with van der Waals surface area (Å²) in [6, 6.07) is 7.69. The molecular weight excluding hydrogens is 286 g/mol. The summed E-state index contributed by atoms with van der Waals surface area (Å²) in [6.07, 6.45) is 1.61. The fraction of sp³-hybridized carbons (Fsp3) is 0.286. The molecule has 0 saturated carbocycles. The van der Waals surface area contributed by atoms with Crippen molar-refractivity contribution in [1.82, 2.24) is 20.4 Å². The molecule has 0 bridgehead atoms. The van der Waals surface area contributed by atoms with Gasteiger partial charge in [-0.3, -0.25) is 14.9 Å². The molecule has 0 unspecified atom stereocenters. The van der Waals surface area contributed by atoms with E-state index in [1.807, 2.05) is 0 Å². The SMILES string of the molecule is O=C(NCC1CNC1)c1ccn(-c2cccc([N+](=O)[O-])c2)n1. The normalized spacial score (nSPS) is 14.4. The number of amides is 1. The molecule has 2 heterocycles. The highest BCUT2D eigenvalue weighted by molar-refractivity contribution is 5.92. The van der Waals surface area contributed by atoms with Crippen molar-refractivity contribution < 1.29 is 9.72 Å². The van der Waals surface area contributed by atoms with Gasteiger partial charge in [0.05, 0.1) is 10.6 Å². The van der Waals surface area contributed by atoms with E-state index in [0.717, 1.165) is 13.1 Å². The van der Waals surface area contributed by atoms with Crippen molar-refractivity contribution in [1.29, 1.82) is 0 Å². The number of non-ortho nitro benzene ring substituents is 1. The van der Waals surface area contributed by atoms with Crippen LogP contribution in [0.2, 0.25) is 0 Å². The Kier molecular flexibility index (Phi) is 3.84. The molecule has 2 N–H and O–H groups in total. The van der Waals surface area contributed by atoms with Gasteiger partial charge in [-0.1, -0.05) is 6.07 Å². The van der Waals surface area contributed by atoms with Crippen molar-refractivity contribution in [2.45, 2.75) is 0 Å². The number of rotatable bonds is 5. The second kappa shape index (κ2) is 5.94. The Balaban J connectivity index is 1.71. The Labute approximate surface area is 126 Å². The number of carbonyl (C=O) groups excluding carboxylic acids is 1. The van der Waals surface area contributed by atoms with Crippen LogP contribution in [0.1, 0.15) is 10.5 Å². The van der Waals surface area contributed by atoms with Gasteiger partial charge in [0.25, 0.3) is 11.6 Å². The Morgan fingerprint density at radius 2 is 2.27 bits per heavy atom. The first kappa shape index (κ1) is 14.2. The first-order chi connectivity index (χ1) is 10.6. The van der Waals surface area contributed by atoms with Crippen LogP contribution in [0.15, 0.2) is 36.5 Å². The second-order valence-electron chi connectivity index (χ2n) is 5.16. The second-order valence-corrected chi connectivity index (χ2v) is 5.16. The van der Waals surface area contributed by atoms with Crippen molar-refractivity contribution in [3.8, 4) is 5.69 Å². The van der Waals surface area contributed by atoms with E-state index in [-0.39, 0.29) is 11.6 Å². The molecule has 114 valence electrons. The molecule has 2 aromatic rings. The minimum Gasteiger partial charge on any atom is -0.350 e. The van der Waals surface area contributed by atoms with E-state index in [0.29, 0.717) is 23.8 Å². The average molecular weight is 301 g/mol. The van der Waals surface area contributed by atoms with Crippen molar-refractivity contribution in [3.05, 3.63) is 52.3 Å². The Morgan fingerprint density at radius 3 is 2.95 bits per heavy atom. The Morgan fingerprint density at radius 1 is 1.45 bits per heavy atom. The molecule has 1 aliphatic heterocycles. The molecule has 1 aromatic carbocycles. The predicted octanol–water partition coefficient (Wildman–Crippen LogP) is 0.730. The number of hydrogen-bond acceptors (Lipinski definition) is 5. The molecule has 1 amide bonds. The van der Waals surface area contributed by atoms with Crippen molar-refractivity contribution in [3.63, 3.8) is 0 Å². The average Bonchev–Trinajstić information content (AvgIpc) is 2.95. The maximum absolute atomic E-state index is 12.0. The number of nitrogens with zero attached hydrogens (tertiary/aromatic N) is 3. The quantitative estimate of drug-likeness (QED) is 0.626. The molecule has 0 radical (unpaired) electrons. The minimum absolute atomic E-state index is 0.0171. The maximum Gasteiger partial charge on any atom is 0.271 e. The van der Waals surface area contributed by atoms with E-state index >= 15 is 0 Å². The predicted molar refractivity (Wildman–Crippen MR) is 78.9 cm³/mol. The summed E-state index contributed by atoms with van der Waals surface area (Å²) < 4.78 is 1.45. The molecule has 8 nitrogen and oxygen atoms in total. The van der Waals surface area contributed by atoms with Crippen LogP contribution in [0, 0.1) is 16.0 Å². The number of nitrogens with one attached hydrogen (secondary N) is 2. The van der Waals surface area contributed by atoms with E-state index in [9.17, 15) is 14.9 Å². The molecule has 8 heteroatoms. The van der Waals surface area contributed by atoms with E-state index in [1.165, 1.54) is 16.8 Å². The lowest BCUT2D eigenvalue weighted by Gasteiger charge is -2.26. The monoisotopic (exact) mass is 301 g/mol. The van der Waals surface area contributed by atoms with Gasteiger partial charge >= 0.3 is 0 Å². The highest BCUT2D eigenvalue weighted by Crippen LogP contribution is 2.16. The summed E-state index contributed by atoms with van der Waals surface area (Å²) in [6.45, 7) is 2.46. The highest BCUT2D eigenvalue weighted by Gasteiger charge is 2.18. The number of nitro benzene ring substituents is 1. The zero-order valence-electron chi connectivity index (χ0n) is 11.7. The van der Waals surface area contributed by atoms with Gasteiger partial charge in [-0.2, -0.15) is 5.10 Å². The summed E-state index contributed by atoms with van der Waals surface area (Å²) in [7, 11) is 0. The van der Waals surface area contributed by atoms with Gasteiger partial charge in [-0.25, -0.2) is 4.68 Å². The minimum atomic E-state index is -0.465. The van der Waals surface area contributed by atoms with Crippen LogP contribution in [-0.4, -0.2) is 40.2 Å². The van der Waals surface area contributed by atoms with Gasteiger partial charge in [0.1, 0.15) is 0 Å². The number of aromatic nitrogens is 2. The zero-order chi connectivity index (χ0) is 15.5. The molecule has 0 spiro atoms. The third-order valence-electron chi connectivity index (χ3n) is 3.54. The molecule has 3 rings (SSSR count). The third-order valence-corrected chi connectivity index (χ3v) is 3.54. The summed E-state index contributed by atoms with van der Waals surface area (Å²) in [5.74, 6) is 0.235. The fourth-order valence-electron chi connectivity index (χ4n) is 2.16. The van der Waals surface area contributed by atoms with Gasteiger partial charge in [0.2, 0.25) is 0 Å². The molecule has 1 aromatic heterocycles. The van der Waals surface area contributed by atoms with Crippen molar-refractivity contribution in [2.75, 3.05) is 19.6 Å². The molecule has 1 fully saturated rings. The standard InChI is InChI=1S/C14H15N5O3/c20-14(16-9-10-7-15-8-10)13-4-5-18(17-13)11-2-1-3-12(6-11)19(21)22/h1-6,10,15H,7-9H2,(H,16,20). The van der Waals surface area contributed by atoms with Crippen LogP contribution < -0.4 is 10.6 Å². The number of benzene rings is 1. The van der Waals surface area contributed by atoms with Gasteiger partial charge in [0, 0.05) is 43.9 Å². The van der Waals surface area contributed by atoms with Crippen LogP contribution in [0.3, 0.4) is 0 Å². The highest BCUT2D eigenvalue weighted by atomic mass is 16.6. The Hall–Kier alpha value is -2.74. The van der Waals surface area contributed by atoms with Crippen LogP contribution in [0.25, 0.3) is 5.69 Å². The van der Waals surface area contributed by atoms with E-state index in [4.69, 9.17) is 0 Å². The van der Waals surface area contributed by atoms with Crippen molar-refractivity contribution >= 4 is 11.6 Å². The first-order valence-electron chi connectivity index (χ1n) is 6.93. The number of hydrogen-bond donors (Lipinski definition) is 2. The largest absolute Gasteiger partial charge is 0.350 e. The summed E-state index contributed by atoms with van der Waals surface area (Å²) >= 11 is 0. The number of nitro groups is 1. The van der Waals surface area contributed by atoms with Crippen molar-refractivity contribution in [2.24, 2.45) is 5.92 Å². The summed E-state index contributed by atoms with van der Waals surface area (Å²) in [5, 5.41) is 20.9. The van der Waals surface area contributed by atoms with Crippen LogP contribution >= 0.6 is 0 Å². The van der Waals surface area contributed by atoms with Gasteiger partial charge in [-0.05, 0) is 12.1 Å². The summed E-state index contributed by atoms with van der Waals surface area (Å²) in [4.78, 5) is 22.3. The lowest BCUT2D eigenvalue weighted by atomic mass is 10.0. The van der Waals surface area contributed by atoms with E-state index < -0.39 is 4.92 Å². The van der Waals surface area contributed by atoms with Crippen LogP contribution in [0.4, 0.5) is 5.69 Å². The van der Waals surface area contributed by atoms with E-state index in [2.05, 4.69) is 15.7 Å². The molecule has 22 heavy (non-hydrogen) atoms. The van der Waals surface area contributed by atoms with Crippen LogP contribution in [0.5, 0.6) is 0 Å².